The summed E-state index contributed by atoms with van der Waals surface area (Å²) in [5, 5.41) is 18.0. The topological polar surface area (TPSA) is 116 Å². The third-order valence-electron chi connectivity index (χ3n) is 2.70. The predicted molar refractivity (Wildman–Crippen MR) is 85.3 cm³/mol. The number of hydrogen-bond donors (Lipinski definition) is 4. The number of nitrogens with two attached hydrogens (primary N) is 1. The van der Waals surface area contributed by atoms with Crippen molar-refractivity contribution in [2.75, 3.05) is 5.32 Å². The summed E-state index contributed by atoms with van der Waals surface area (Å²) in [7, 11) is 0. The smallest absolute Gasteiger partial charge is 0.335 e. The van der Waals surface area contributed by atoms with E-state index in [9.17, 15) is 9.59 Å². The number of carbonyl (C=O) groups excluding carboxylic acids is 1. The summed E-state index contributed by atoms with van der Waals surface area (Å²) in [5.74, 6) is -0.885. The Bertz CT molecular complexity index is 667. The lowest BCUT2D eigenvalue weighted by atomic mass is 10.1. The standard InChI is InChI=1S/C8H10N2.C8H7NO3/c1-6-2-4-7(5-3-6)8(9)10;10-5-9-7-3-1-2-6(4-7)8(11)12/h2-5H,1H3,(H3,9,10);1-5H,(H,9,10)(H,11,12). The van der Waals surface area contributed by atoms with Crippen molar-refractivity contribution in [1.82, 2.24) is 0 Å². The van der Waals surface area contributed by atoms with Crippen molar-refractivity contribution < 1.29 is 14.7 Å². The quantitative estimate of drug-likeness (QED) is 0.393. The van der Waals surface area contributed by atoms with Crippen LogP contribution in [-0.2, 0) is 4.79 Å². The van der Waals surface area contributed by atoms with E-state index >= 15 is 0 Å². The van der Waals surface area contributed by atoms with Crippen LogP contribution in [0.1, 0.15) is 21.5 Å². The minimum absolute atomic E-state index is 0.125. The number of nitrogens with one attached hydrogen (secondary N) is 2. The summed E-state index contributed by atoms with van der Waals surface area (Å²) < 4.78 is 0. The van der Waals surface area contributed by atoms with Gasteiger partial charge in [-0.15, -0.1) is 0 Å². The molecule has 2 rings (SSSR count). The molecule has 0 aliphatic heterocycles. The van der Waals surface area contributed by atoms with Crippen LogP contribution in [0.4, 0.5) is 5.69 Å². The van der Waals surface area contributed by atoms with Gasteiger partial charge in [-0.05, 0) is 25.1 Å². The molecule has 1 amide bonds. The number of carboxylic acids is 1. The highest BCUT2D eigenvalue weighted by Crippen LogP contribution is 2.09. The molecular weight excluding hydrogens is 282 g/mol. The molecule has 0 heterocycles. The second-order valence-electron chi connectivity index (χ2n) is 4.43. The van der Waals surface area contributed by atoms with Crippen LogP contribution < -0.4 is 11.1 Å². The average Bonchev–Trinajstić information content (AvgIpc) is 2.49. The Morgan fingerprint density at radius 2 is 1.82 bits per heavy atom. The van der Waals surface area contributed by atoms with Gasteiger partial charge in [-0.2, -0.15) is 0 Å². The third-order valence-corrected chi connectivity index (χ3v) is 2.70. The van der Waals surface area contributed by atoms with Crippen molar-refractivity contribution in [3.63, 3.8) is 0 Å². The van der Waals surface area contributed by atoms with Crippen LogP contribution in [0.5, 0.6) is 0 Å². The first-order valence-electron chi connectivity index (χ1n) is 6.38. The van der Waals surface area contributed by atoms with Crippen LogP contribution in [0.15, 0.2) is 48.5 Å². The SMILES string of the molecule is Cc1ccc(C(=N)N)cc1.O=CNc1cccc(C(=O)O)c1. The van der Waals surface area contributed by atoms with Crippen molar-refractivity contribution >= 4 is 23.9 Å². The van der Waals surface area contributed by atoms with E-state index in [1.54, 1.807) is 12.1 Å². The van der Waals surface area contributed by atoms with Crippen molar-refractivity contribution in [2.24, 2.45) is 5.73 Å². The second kappa shape index (κ2) is 8.21. The summed E-state index contributed by atoms with van der Waals surface area (Å²) >= 11 is 0. The molecular formula is C16H17N3O3. The molecule has 0 radical (unpaired) electrons. The fourth-order valence-corrected chi connectivity index (χ4v) is 1.54. The molecule has 0 bridgehead atoms. The highest BCUT2D eigenvalue weighted by Gasteiger charge is 2.01. The number of amidine groups is 1. The van der Waals surface area contributed by atoms with E-state index in [0.717, 1.165) is 5.56 Å². The molecule has 0 fully saturated rings. The van der Waals surface area contributed by atoms with E-state index in [1.807, 2.05) is 31.2 Å². The van der Waals surface area contributed by atoms with E-state index in [0.29, 0.717) is 12.1 Å². The van der Waals surface area contributed by atoms with Gasteiger partial charge in [0, 0.05) is 11.3 Å². The van der Waals surface area contributed by atoms with Crippen LogP contribution in [0.25, 0.3) is 0 Å². The Labute approximate surface area is 128 Å². The molecule has 6 heteroatoms. The molecule has 2 aromatic rings. The number of aryl methyl sites for hydroxylation is 1. The van der Waals surface area contributed by atoms with Crippen LogP contribution in [-0.4, -0.2) is 23.3 Å². The number of hydrogen-bond acceptors (Lipinski definition) is 3. The average molecular weight is 299 g/mol. The maximum atomic E-state index is 10.4. The Morgan fingerprint density at radius 3 is 2.32 bits per heavy atom. The fraction of sp³-hybridized carbons (Fsp3) is 0.0625. The van der Waals surface area contributed by atoms with Crippen molar-refractivity contribution in [2.45, 2.75) is 6.92 Å². The highest BCUT2D eigenvalue weighted by atomic mass is 16.4. The monoisotopic (exact) mass is 299 g/mol. The number of amides is 1. The number of nitrogen functional groups attached to an aromatic ring is 1. The summed E-state index contributed by atoms with van der Waals surface area (Å²) in [6.45, 7) is 2.00. The van der Waals surface area contributed by atoms with Gasteiger partial charge in [0.05, 0.1) is 5.56 Å². The van der Waals surface area contributed by atoms with Gasteiger partial charge in [0.15, 0.2) is 0 Å². The van der Waals surface area contributed by atoms with E-state index in [2.05, 4.69) is 5.32 Å². The van der Waals surface area contributed by atoms with Gasteiger partial charge in [0.1, 0.15) is 5.84 Å². The number of benzene rings is 2. The Hall–Kier alpha value is -3.15. The Kier molecular flexibility index (Phi) is 6.31. The number of anilines is 1. The first-order chi connectivity index (χ1) is 10.4. The van der Waals surface area contributed by atoms with Crippen LogP contribution in [0.3, 0.4) is 0 Å². The molecule has 5 N–H and O–H groups in total. The molecule has 0 aliphatic carbocycles. The molecule has 0 saturated heterocycles. The van der Waals surface area contributed by atoms with E-state index in [1.165, 1.54) is 17.7 Å². The zero-order valence-electron chi connectivity index (χ0n) is 12.0. The first kappa shape index (κ1) is 16.9. The summed E-state index contributed by atoms with van der Waals surface area (Å²) in [6.07, 6.45) is 0.501. The van der Waals surface area contributed by atoms with Gasteiger partial charge in [-0.1, -0.05) is 35.9 Å². The third kappa shape index (κ3) is 5.46. The molecule has 22 heavy (non-hydrogen) atoms. The molecule has 2 aromatic carbocycles. The van der Waals surface area contributed by atoms with Crippen molar-refractivity contribution in [1.29, 1.82) is 5.41 Å². The number of carbonyl (C=O) groups is 2. The zero-order valence-corrected chi connectivity index (χ0v) is 12.0. The predicted octanol–water partition coefficient (Wildman–Crippen LogP) is 2.23. The van der Waals surface area contributed by atoms with Crippen molar-refractivity contribution in [3.8, 4) is 0 Å². The lowest BCUT2D eigenvalue weighted by Crippen LogP contribution is -2.10. The lowest BCUT2D eigenvalue weighted by molar-refractivity contribution is -0.105. The molecule has 0 atom stereocenters. The molecule has 0 aromatic heterocycles. The molecule has 6 nitrogen and oxygen atoms in total. The van der Waals surface area contributed by atoms with Crippen molar-refractivity contribution in [3.05, 3.63) is 65.2 Å². The van der Waals surface area contributed by atoms with Gasteiger partial charge in [0.25, 0.3) is 0 Å². The molecule has 0 saturated carbocycles. The normalized spacial score (nSPS) is 9.14. The lowest BCUT2D eigenvalue weighted by Gasteiger charge is -1.98. The molecule has 0 unspecified atom stereocenters. The highest BCUT2D eigenvalue weighted by molar-refractivity contribution is 5.94. The first-order valence-corrected chi connectivity index (χ1v) is 6.38. The van der Waals surface area contributed by atoms with E-state index < -0.39 is 5.97 Å². The summed E-state index contributed by atoms with van der Waals surface area (Å²) in [4.78, 5) is 20.4. The fourth-order valence-electron chi connectivity index (χ4n) is 1.54. The van der Waals surface area contributed by atoms with Crippen LogP contribution >= 0.6 is 0 Å². The molecule has 114 valence electrons. The maximum absolute atomic E-state index is 10.4. The molecule has 0 spiro atoms. The summed E-state index contributed by atoms with van der Waals surface area (Å²) in [6, 6.07) is 13.6. The van der Waals surface area contributed by atoms with Gasteiger partial charge in [-0.3, -0.25) is 10.2 Å². The van der Waals surface area contributed by atoms with Crippen LogP contribution in [0, 0.1) is 12.3 Å². The van der Waals surface area contributed by atoms with E-state index in [-0.39, 0.29) is 11.4 Å². The number of carboxylic acid groups (broad SMARTS) is 1. The van der Waals surface area contributed by atoms with Gasteiger partial charge < -0.3 is 16.2 Å². The number of aromatic carboxylic acids is 1. The minimum atomic E-state index is -1.01. The van der Waals surface area contributed by atoms with Gasteiger partial charge in [-0.25, -0.2) is 4.79 Å². The zero-order chi connectivity index (χ0) is 16.5. The summed E-state index contributed by atoms with van der Waals surface area (Å²) in [5.41, 5.74) is 7.85. The Morgan fingerprint density at radius 1 is 1.18 bits per heavy atom. The van der Waals surface area contributed by atoms with Crippen LogP contribution in [0.2, 0.25) is 0 Å². The second-order valence-corrected chi connectivity index (χ2v) is 4.43. The number of rotatable bonds is 4. The maximum Gasteiger partial charge on any atom is 0.335 e. The van der Waals surface area contributed by atoms with Gasteiger partial charge in [0.2, 0.25) is 6.41 Å². The Balaban J connectivity index is 0.000000224. The molecule has 0 aliphatic rings. The van der Waals surface area contributed by atoms with E-state index in [4.69, 9.17) is 16.2 Å². The minimum Gasteiger partial charge on any atom is -0.478 e. The largest absolute Gasteiger partial charge is 0.478 e. The van der Waals surface area contributed by atoms with Gasteiger partial charge >= 0.3 is 5.97 Å².